The smallest absolute Gasteiger partial charge is 0.193 e. The maximum Gasteiger partial charge on any atom is 0.193 e. The summed E-state index contributed by atoms with van der Waals surface area (Å²) in [5, 5.41) is 3.27. The first-order valence-corrected chi connectivity index (χ1v) is 9.97. The van der Waals surface area contributed by atoms with Crippen LogP contribution in [0.5, 0.6) is 5.75 Å². The fraction of sp³-hybridized carbons (Fsp3) is 0.235. The Bertz CT molecular complexity index is 933. The van der Waals surface area contributed by atoms with Crippen LogP contribution in [0.1, 0.15) is 11.1 Å². The van der Waals surface area contributed by atoms with Crippen molar-refractivity contribution in [3.8, 4) is 5.75 Å². The van der Waals surface area contributed by atoms with E-state index in [1.807, 2.05) is 0 Å². The van der Waals surface area contributed by atoms with Gasteiger partial charge in [0.15, 0.2) is 15.8 Å². The Labute approximate surface area is 156 Å². The first-order chi connectivity index (χ1) is 12.2. The van der Waals surface area contributed by atoms with Gasteiger partial charge in [0, 0.05) is 11.9 Å². The van der Waals surface area contributed by atoms with Crippen LogP contribution >= 0.6 is 11.6 Å². The number of anilines is 1. The lowest BCUT2D eigenvalue weighted by atomic mass is 10.1. The van der Waals surface area contributed by atoms with Gasteiger partial charge in [0.25, 0.3) is 0 Å². The Kier molecular flexibility index (Phi) is 6.44. The van der Waals surface area contributed by atoms with E-state index < -0.39 is 15.7 Å². The monoisotopic (exact) mass is 399 g/mol. The predicted molar refractivity (Wildman–Crippen MR) is 102 cm³/mol. The minimum absolute atomic E-state index is 0.0331. The highest BCUT2D eigenvalue weighted by Crippen LogP contribution is 2.27. The molecule has 3 N–H and O–H groups in total. The van der Waals surface area contributed by atoms with Gasteiger partial charge in [-0.15, -0.1) is 0 Å². The van der Waals surface area contributed by atoms with Crippen LogP contribution < -0.4 is 15.8 Å². The van der Waals surface area contributed by atoms with Crippen LogP contribution in [0.3, 0.4) is 0 Å². The Morgan fingerprint density at radius 3 is 2.62 bits per heavy atom. The van der Waals surface area contributed by atoms with Gasteiger partial charge in [0.2, 0.25) is 0 Å². The average molecular weight is 400 g/mol. The molecule has 0 spiro atoms. The lowest BCUT2D eigenvalue weighted by Gasteiger charge is -2.10. The molecule has 0 bridgehead atoms. The Hall–Kier alpha value is -2.32. The summed E-state index contributed by atoms with van der Waals surface area (Å²) < 4.78 is 41.6. The molecular formula is C17H19ClFN3O3S. The summed E-state index contributed by atoms with van der Waals surface area (Å²) in [4.78, 5) is 4.14. The van der Waals surface area contributed by atoms with E-state index in [0.29, 0.717) is 27.6 Å². The molecule has 6 nitrogen and oxygen atoms in total. The number of hydrogen-bond donors (Lipinski definition) is 2. The van der Waals surface area contributed by atoms with Gasteiger partial charge < -0.3 is 15.8 Å². The second-order valence-electron chi connectivity index (χ2n) is 5.66. The zero-order chi connectivity index (χ0) is 19.3. The molecule has 0 atom stereocenters. The van der Waals surface area contributed by atoms with Crippen LogP contribution in [0, 0.1) is 5.82 Å². The minimum atomic E-state index is -3.26. The molecule has 0 fully saturated rings. The largest absolute Gasteiger partial charge is 0.495 e. The fourth-order valence-corrected chi connectivity index (χ4v) is 3.37. The fourth-order valence-electron chi connectivity index (χ4n) is 2.27. The van der Waals surface area contributed by atoms with Gasteiger partial charge in [-0.05, 0) is 41.5 Å². The topological polar surface area (TPSA) is 93.8 Å². The summed E-state index contributed by atoms with van der Waals surface area (Å²) in [7, 11) is -1.74. The van der Waals surface area contributed by atoms with E-state index in [9.17, 15) is 12.8 Å². The molecule has 140 valence electrons. The standard InChI is InChI=1S/C17H19ClFN3O3S/c1-25-16-6-5-14(8-15(16)18)22-17(20)21-9-12-7-13(19)4-3-11(12)10-26(2,23)24/h3-8H,9-10H2,1-2H3,(H3,20,21,22). The Morgan fingerprint density at radius 2 is 2.00 bits per heavy atom. The van der Waals surface area contributed by atoms with Crippen molar-refractivity contribution in [3.63, 3.8) is 0 Å². The maximum absolute atomic E-state index is 13.5. The molecule has 2 aromatic carbocycles. The molecule has 0 radical (unpaired) electrons. The summed E-state index contributed by atoms with van der Waals surface area (Å²) in [5.74, 6) is -0.0563. The molecule has 9 heteroatoms. The zero-order valence-corrected chi connectivity index (χ0v) is 15.9. The molecule has 0 amide bonds. The van der Waals surface area contributed by atoms with Crippen LogP contribution in [-0.4, -0.2) is 27.7 Å². The molecule has 2 aromatic rings. The number of guanidine groups is 1. The zero-order valence-electron chi connectivity index (χ0n) is 14.3. The second-order valence-corrected chi connectivity index (χ2v) is 8.21. The number of nitrogens with one attached hydrogen (secondary N) is 1. The minimum Gasteiger partial charge on any atom is -0.495 e. The molecular weight excluding hydrogens is 381 g/mol. The van der Waals surface area contributed by atoms with Crippen molar-refractivity contribution < 1.29 is 17.5 Å². The highest BCUT2D eigenvalue weighted by molar-refractivity contribution is 7.89. The lowest BCUT2D eigenvalue weighted by molar-refractivity contribution is 0.415. The summed E-state index contributed by atoms with van der Waals surface area (Å²) in [6.07, 6.45) is 1.12. The maximum atomic E-state index is 13.5. The van der Waals surface area contributed by atoms with E-state index in [1.54, 1.807) is 18.2 Å². The number of halogens is 2. The number of methoxy groups -OCH3 is 1. The van der Waals surface area contributed by atoms with Crippen LogP contribution in [0.15, 0.2) is 41.4 Å². The third-order valence-corrected chi connectivity index (χ3v) is 4.56. The lowest BCUT2D eigenvalue weighted by Crippen LogP contribution is -2.22. The van der Waals surface area contributed by atoms with Crippen molar-refractivity contribution in [2.75, 3.05) is 18.7 Å². The number of benzene rings is 2. The third-order valence-electron chi connectivity index (χ3n) is 3.43. The van der Waals surface area contributed by atoms with E-state index in [0.717, 1.165) is 6.26 Å². The number of rotatable bonds is 6. The molecule has 0 heterocycles. The molecule has 0 aliphatic carbocycles. The number of nitrogens with two attached hydrogens (primary N) is 1. The van der Waals surface area contributed by atoms with Gasteiger partial charge in [-0.1, -0.05) is 17.7 Å². The Balaban J connectivity index is 2.15. The molecule has 26 heavy (non-hydrogen) atoms. The van der Waals surface area contributed by atoms with Gasteiger partial charge in [0.1, 0.15) is 11.6 Å². The first-order valence-electron chi connectivity index (χ1n) is 7.53. The van der Waals surface area contributed by atoms with Crippen molar-refractivity contribution in [3.05, 3.63) is 58.4 Å². The van der Waals surface area contributed by atoms with Gasteiger partial charge in [-0.25, -0.2) is 17.8 Å². The van der Waals surface area contributed by atoms with Crippen LogP contribution in [0.2, 0.25) is 5.02 Å². The summed E-state index contributed by atoms with van der Waals surface area (Å²) >= 11 is 6.04. The van der Waals surface area contributed by atoms with Crippen molar-refractivity contribution in [2.45, 2.75) is 12.3 Å². The van der Waals surface area contributed by atoms with E-state index in [-0.39, 0.29) is 18.3 Å². The number of aliphatic imine (C=N–C) groups is 1. The summed E-state index contributed by atoms with van der Waals surface area (Å²) in [5.41, 5.74) is 7.38. The normalized spacial score (nSPS) is 12.1. The highest BCUT2D eigenvalue weighted by Gasteiger charge is 2.10. The number of sulfone groups is 1. The summed E-state index contributed by atoms with van der Waals surface area (Å²) in [6, 6.07) is 8.92. The van der Waals surface area contributed by atoms with E-state index in [1.165, 1.54) is 25.3 Å². The van der Waals surface area contributed by atoms with Crippen molar-refractivity contribution in [1.82, 2.24) is 0 Å². The molecule has 0 saturated carbocycles. The van der Waals surface area contributed by atoms with Crippen molar-refractivity contribution in [1.29, 1.82) is 0 Å². The van der Waals surface area contributed by atoms with Gasteiger partial charge >= 0.3 is 0 Å². The van der Waals surface area contributed by atoms with Gasteiger partial charge in [0.05, 0.1) is 24.4 Å². The van der Waals surface area contributed by atoms with Crippen LogP contribution in [0.25, 0.3) is 0 Å². The molecule has 0 unspecified atom stereocenters. The van der Waals surface area contributed by atoms with E-state index in [4.69, 9.17) is 22.1 Å². The van der Waals surface area contributed by atoms with Crippen molar-refractivity contribution >= 4 is 33.1 Å². The first kappa shape index (κ1) is 20.0. The van der Waals surface area contributed by atoms with E-state index >= 15 is 0 Å². The SMILES string of the molecule is COc1ccc(NC(N)=NCc2cc(F)ccc2CS(C)(=O)=O)cc1Cl. The number of ether oxygens (including phenoxy) is 1. The van der Waals surface area contributed by atoms with Crippen molar-refractivity contribution in [2.24, 2.45) is 10.7 Å². The highest BCUT2D eigenvalue weighted by atomic mass is 35.5. The van der Waals surface area contributed by atoms with Gasteiger partial charge in [-0.2, -0.15) is 0 Å². The average Bonchev–Trinajstić information content (AvgIpc) is 2.54. The third kappa shape index (κ3) is 5.89. The number of nitrogens with zero attached hydrogens (tertiary/aromatic N) is 1. The van der Waals surface area contributed by atoms with Crippen LogP contribution in [0.4, 0.5) is 10.1 Å². The quantitative estimate of drug-likeness (QED) is 0.575. The van der Waals surface area contributed by atoms with Crippen LogP contribution in [-0.2, 0) is 22.1 Å². The summed E-state index contributed by atoms with van der Waals surface area (Å²) in [6.45, 7) is 0.0331. The molecule has 0 aliphatic heterocycles. The number of hydrogen-bond acceptors (Lipinski definition) is 4. The molecule has 0 saturated heterocycles. The molecule has 0 aromatic heterocycles. The predicted octanol–water partition coefficient (Wildman–Crippen LogP) is 2.96. The Morgan fingerprint density at radius 1 is 1.27 bits per heavy atom. The second kappa shape index (κ2) is 8.37. The molecule has 0 aliphatic rings. The van der Waals surface area contributed by atoms with E-state index in [2.05, 4.69) is 10.3 Å². The van der Waals surface area contributed by atoms with Gasteiger partial charge in [-0.3, -0.25) is 0 Å². The molecule has 2 rings (SSSR count).